The predicted molar refractivity (Wildman–Crippen MR) is 82.4 cm³/mol. The third-order valence-corrected chi connectivity index (χ3v) is 3.70. The van der Waals surface area contributed by atoms with Gasteiger partial charge in [0.25, 0.3) is 0 Å². The Labute approximate surface area is 118 Å². The van der Waals surface area contributed by atoms with E-state index in [0.29, 0.717) is 0 Å². The second kappa shape index (κ2) is 5.45. The van der Waals surface area contributed by atoms with E-state index in [4.69, 9.17) is 0 Å². The number of hydrogen-bond donors (Lipinski definition) is 1. The Bertz CT molecular complexity index is 692. The fraction of sp³-hybridized carbons (Fsp3) is 0.118. The predicted octanol–water partition coefficient (Wildman–Crippen LogP) is 3.61. The average Bonchev–Trinajstić information content (AvgIpc) is 2.49. The van der Waals surface area contributed by atoms with Crippen molar-refractivity contribution in [3.8, 4) is 0 Å². The van der Waals surface area contributed by atoms with Crippen LogP contribution in [0.2, 0.25) is 0 Å². The molecule has 0 atom stereocenters. The molecule has 3 rings (SSSR count). The van der Waals surface area contributed by atoms with Gasteiger partial charge in [-0.1, -0.05) is 42.5 Å². The summed E-state index contributed by atoms with van der Waals surface area (Å²) < 4.78 is 2.34. The van der Waals surface area contributed by atoms with Crippen LogP contribution in [0.4, 0.5) is 0 Å². The van der Waals surface area contributed by atoms with Crippen LogP contribution in [-0.2, 0) is 12.3 Å². The maximum Gasteiger partial charge on any atom is 0.213 e. The Balaban J connectivity index is 2.15. The van der Waals surface area contributed by atoms with Crippen LogP contribution in [0.1, 0.15) is 11.3 Å². The summed E-state index contributed by atoms with van der Waals surface area (Å²) in [7, 11) is 0. The van der Waals surface area contributed by atoms with Crippen molar-refractivity contribution in [2.45, 2.75) is 12.3 Å². The highest BCUT2D eigenvalue weighted by molar-refractivity contribution is 7.79. The van der Waals surface area contributed by atoms with E-state index in [0.717, 1.165) is 12.3 Å². The molecule has 1 nitrogen and oxygen atoms in total. The topological polar surface area (TPSA) is 3.88 Å². The van der Waals surface area contributed by atoms with E-state index in [2.05, 4.69) is 83.9 Å². The molecule has 0 fully saturated rings. The lowest BCUT2D eigenvalue weighted by molar-refractivity contribution is -0.669. The Morgan fingerprint density at radius 2 is 1.53 bits per heavy atom. The normalized spacial score (nSPS) is 10.8. The van der Waals surface area contributed by atoms with Gasteiger partial charge >= 0.3 is 0 Å². The summed E-state index contributed by atoms with van der Waals surface area (Å²) in [6.45, 7) is 0.887. The molecule has 0 aliphatic rings. The van der Waals surface area contributed by atoms with Crippen molar-refractivity contribution in [2.24, 2.45) is 0 Å². The van der Waals surface area contributed by atoms with Gasteiger partial charge in [0, 0.05) is 23.1 Å². The molecular formula is C17H16NS+. The van der Waals surface area contributed by atoms with E-state index in [1.165, 1.54) is 22.2 Å². The first-order valence-corrected chi connectivity index (χ1v) is 7.07. The summed E-state index contributed by atoms with van der Waals surface area (Å²) in [6.07, 6.45) is 0. The highest BCUT2D eigenvalue weighted by atomic mass is 32.1. The van der Waals surface area contributed by atoms with E-state index in [1.807, 2.05) is 0 Å². The molecule has 94 valence electrons. The van der Waals surface area contributed by atoms with Gasteiger partial charge in [0.2, 0.25) is 5.52 Å². The molecular weight excluding hydrogens is 250 g/mol. The van der Waals surface area contributed by atoms with E-state index in [-0.39, 0.29) is 0 Å². The van der Waals surface area contributed by atoms with Gasteiger partial charge in [-0.05, 0) is 12.1 Å². The van der Waals surface area contributed by atoms with Gasteiger partial charge in [-0.15, -0.1) is 0 Å². The third kappa shape index (κ3) is 2.49. The number of benzene rings is 2. The molecule has 0 bridgehead atoms. The van der Waals surface area contributed by atoms with Crippen molar-refractivity contribution in [1.29, 1.82) is 0 Å². The van der Waals surface area contributed by atoms with Crippen molar-refractivity contribution < 1.29 is 4.57 Å². The molecule has 1 heterocycles. The maximum atomic E-state index is 4.45. The summed E-state index contributed by atoms with van der Waals surface area (Å²) in [5.74, 6) is 0.748. The fourth-order valence-electron chi connectivity index (χ4n) is 2.40. The van der Waals surface area contributed by atoms with Crippen LogP contribution >= 0.6 is 12.6 Å². The number of pyridine rings is 1. The summed E-state index contributed by atoms with van der Waals surface area (Å²) in [5, 5.41) is 1.27. The Morgan fingerprint density at radius 3 is 2.32 bits per heavy atom. The minimum absolute atomic E-state index is 0.748. The quantitative estimate of drug-likeness (QED) is 0.545. The lowest BCUT2D eigenvalue weighted by Gasteiger charge is -2.06. The number of fused-ring (bicyclic) bond motifs is 1. The average molecular weight is 266 g/mol. The molecule has 2 aromatic carbocycles. The van der Waals surface area contributed by atoms with Gasteiger partial charge in [0.1, 0.15) is 0 Å². The highest BCUT2D eigenvalue weighted by Crippen LogP contribution is 2.12. The SMILES string of the molecule is SCc1ccc2ccccc2[n+]1Cc1ccccc1. The van der Waals surface area contributed by atoms with E-state index < -0.39 is 0 Å². The monoisotopic (exact) mass is 266 g/mol. The van der Waals surface area contributed by atoms with Crippen molar-refractivity contribution in [3.05, 3.63) is 78.0 Å². The summed E-state index contributed by atoms with van der Waals surface area (Å²) in [5.41, 5.74) is 3.82. The molecule has 0 unspecified atom stereocenters. The summed E-state index contributed by atoms with van der Waals surface area (Å²) >= 11 is 4.45. The van der Waals surface area contributed by atoms with Crippen molar-refractivity contribution in [1.82, 2.24) is 0 Å². The van der Waals surface area contributed by atoms with E-state index in [9.17, 15) is 0 Å². The molecule has 0 aliphatic heterocycles. The molecule has 0 aliphatic carbocycles. The van der Waals surface area contributed by atoms with Gasteiger partial charge in [-0.2, -0.15) is 17.2 Å². The molecule has 0 N–H and O–H groups in total. The van der Waals surface area contributed by atoms with E-state index >= 15 is 0 Å². The Kier molecular flexibility index (Phi) is 3.51. The number of rotatable bonds is 3. The van der Waals surface area contributed by atoms with Gasteiger partial charge in [0.15, 0.2) is 12.2 Å². The van der Waals surface area contributed by atoms with Crippen molar-refractivity contribution >= 4 is 23.5 Å². The van der Waals surface area contributed by atoms with Crippen LogP contribution in [0.15, 0.2) is 66.7 Å². The number of para-hydroxylation sites is 1. The zero-order valence-corrected chi connectivity index (χ0v) is 11.6. The first-order valence-electron chi connectivity index (χ1n) is 6.44. The number of thiol groups is 1. The lowest BCUT2D eigenvalue weighted by Crippen LogP contribution is -2.39. The summed E-state index contributed by atoms with van der Waals surface area (Å²) in [6, 6.07) is 23.4. The van der Waals surface area contributed by atoms with Crippen LogP contribution in [0.5, 0.6) is 0 Å². The minimum Gasteiger partial charge on any atom is -0.190 e. The molecule has 0 radical (unpaired) electrons. The smallest absolute Gasteiger partial charge is 0.190 e. The zero-order valence-electron chi connectivity index (χ0n) is 10.7. The second-order valence-corrected chi connectivity index (χ2v) is 4.93. The Hall–Kier alpha value is -1.80. The molecule has 0 amide bonds. The second-order valence-electron chi connectivity index (χ2n) is 4.61. The molecule has 1 aromatic heterocycles. The van der Waals surface area contributed by atoms with Crippen LogP contribution < -0.4 is 4.57 Å². The molecule has 0 saturated heterocycles. The van der Waals surface area contributed by atoms with Gasteiger partial charge in [0.05, 0.1) is 5.75 Å². The van der Waals surface area contributed by atoms with Crippen LogP contribution in [-0.4, -0.2) is 0 Å². The molecule has 0 saturated carbocycles. The van der Waals surface area contributed by atoms with Gasteiger partial charge in [-0.3, -0.25) is 0 Å². The Morgan fingerprint density at radius 1 is 0.789 bits per heavy atom. The highest BCUT2D eigenvalue weighted by Gasteiger charge is 2.14. The first-order chi connectivity index (χ1) is 9.38. The first kappa shape index (κ1) is 12.2. The third-order valence-electron chi connectivity index (χ3n) is 3.38. The molecule has 2 heteroatoms. The van der Waals surface area contributed by atoms with Crippen LogP contribution in [0.25, 0.3) is 10.9 Å². The largest absolute Gasteiger partial charge is 0.213 e. The number of nitrogens with zero attached hydrogens (tertiary/aromatic N) is 1. The standard InChI is InChI=1S/C17H15NS/c19-13-16-11-10-15-8-4-5-9-17(15)18(16)12-14-6-2-1-3-7-14/h1-11H,12-13H2/p+1. The zero-order chi connectivity index (χ0) is 13.1. The fourth-order valence-corrected chi connectivity index (χ4v) is 2.67. The van der Waals surface area contributed by atoms with Gasteiger partial charge < -0.3 is 0 Å². The van der Waals surface area contributed by atoms with Gasteiger partial charge in [-0.25, -0.2) is 0 Å². The van der Waals surface area contributed by atoms with Crippen LogP contribution in [0, 0.1) is 0 Å². The maximum absolute atomic E-state index is 4.45. The number of hydrogen-bond acceptors (Lipinski definition) is 1. The van der Waals surface area contributed by atoms with Crippen LogP contribution in [0.3, 0.4) is 0 Å². The molecule has 0 spiro atoms. The molecule has 3 aromatic rings. The number of aromatic nitrogens is 1. The summed E-state index contributed by atoms with van der Waals surface area (Å²) in [4.78, 5) is 0. The minimum atomic E-state index is 0.748. The van der Waals surface area contributed by atoms with Crippen molar-refractivity contribution in [2.75, 3.05) is 0 Å². The van der Waals surface area contributed by atoms with Crippen molar-refractivity contribution in [3.63, 3.8) is 0 Å². The lowest BCUT2D eigenvalue weighted by atomic mass is 10.1. The van der Waals surface area contributed by atoms with E-state index in [1.54, 1.807) is 0 Å². The molecule has 19 heavy (non-hydrogen) atoms.